The van der Waals surface area contributed by atoms with Gasteiger partial charge in [0, 0.05) is 12.6 Å². The van der Waals surface area contributed by atoms with Gasteiger partial charge in [-0.3, -0.25) is 11.3 Å². The van der Waals surface area contributed by atoms with Crippen molar-refractivity contribution in [1.29, 1.82) is 0 Å². The molecule has 0 aliphatic carbocycles. The summed E-state index contributed by atoms with van der Waals surface area (Å²) in [5.74, 6) is 5.47. The zero-order valence-electron chi connectivity index (χ0n) is 9.09. The highest BCUT2D eigenvalue weighted by atomic mass is 16.5. The Morgan fingerprint density at radius 2 is 2.50 bits per heavy atom. The highest BCUT2D eigenvalue weighted by Crippen LogP contribution is 2.19. The van der Waals surface area contributed by atoms with Crippen molar-refractivity contribution in [3.63, 3.8) is 0 Å². The number of hydrogen-bond donors (Lipinski definition) is 2. The lowest BCUT2D eigenvalue weighted by Gasteiger charge is -2.17. The lowest BCUT2D eigenvalue weighted by atomic mass is 10.0. The highest BCUT2D eigenvalue weighted by molar-refractivity contribution is 4.92. The fourth-order valence-corrected chi connectivity index (χ4v) is 1.92. The molecule has 1 fully saturated rings. The first-order valence-corrected chi connectivity index (χ1v) is 5.44. The predicted molar refractivity (Wildman–Crippen MR) is 58.8 cm³/mol. The van der Waals surface area contributed by atoms with Gasteiger partial charge in [-0.25, -0.2) is 0 Å². The molecule has 2 atom stereocenters. The molecule has 2 unspecified atom stereocenters. The van der Waals surface area contributed by atoms with E-state index in [2.05, 4.69) is 12.0 Å². The normalized spacial score (nSPS) is 23.7. The Morgan fingerprint density at radius 1 is 1.71 bits per heavy atom. The van der Waals surface area contributed by atoms with Gasteiger partial charge in [0.2, 0.25) is 0 Å². The maximum atomic E-state index is 5.56. The van der Waals surface area contributed by atoms with E-state index in [-0.39, 0.29) is 0 Å². The van der Waals surface area contributed by atoms with E-state index >= 15 is 0 Å². The smallest absolute Gasteiger partial charge is 0.0576 e. The van der Waals surface area contributed by atoms with Crippen molar-refractivity contribution in [2.24, 2.45) is 5.84 Å². The highest BCUT2D eigenvalue weighted by Gasteiger charge is 2.17. The van der Waals surface area contributed by atoms with Gasteiger partial charge in [0.05, 0.1) is 6.10 Å². The summed E-state index contributed by atoms with van der Waals surface area (Å²) < 4.78 is 5.56. The molecule has 0 saturated carbocycles. The summed E-state index contributed by atoms with van der Waals surface area (Å²) in [6.45, 7) is 6.87. The second kappa shape index (κ2) is 6.17. The van der Waals surface area contributed by atoms with Crippen LogP contribution in [-0.4, -0.2) is 18.8 Å². The second-order valence-corrected chi connectivity index (χ2v) is 4.24. The van der Waals surface area contributed by atoms with Crippen LogP contribution in [-0.2, 0) is 4.74 Å². The number of nitrogens with two attached hydrogens (primary N) is 1. The Balaban J connectivity index is 2.15. The predicted octanol–water partition coefficient (Wildman–Crippen LogP) is 1.74. The van der Waals surface area contributed by atoms with Crippen LogP contribution >= 0.6 is 0 Å². The monoisotopic (exact) mass is 198 g/mol. The van der Waals surface area contributed by atoms with E-state index in [9.17, 15) is 0 Å². The largest absolute Gasteiger partial charge is 0.378 e. The van der Waals surface area contributed by atoms with Gasteiger partial charge < -0.3 is 4.74 Å². The van der Waals surface area contributed by atoms with Crippen LogP contribution in [0.25, 0.3) is 0 Å². The Morgan fingerprint density at radius 3 is 3.00 bits per heavy atom. The van der Waals surface area contributed by atoms with Gasteiger partial charge >= 0.3 is 0 Å². The van der Waals surface area contributed by atoms with Crippen molar-refractivity contribution in [3.8, 4) is 0 Å². The molecule has 0 spiro atoms. The number of hydrazine groups is 1. The molecule has 1 aliphatic heterocycles. The van der Waals surface area contributed by atoms with E-state index in [0.29, 0.717) is 12.1 Å². The van der Waals surface area contributed by atoms with Gasteiger partial charge in [0.15, 0.2) is 0 Å². The van der Waals surface area contributed by atoms with E-state index in [1.807, 2.05) is 6.92 Å². The van der Waals surface area contributed by atoms with E-state index < -0.39 is 0 Å². The van der Waals surface area contributed by atoms with Crippen molar-refractivity contribution in [2.75, 3.05) is 6.61 Å². The maximum Gasteiger partial charge on any atom is 0.0576 e. The molecule has 0 radical (unpaired) electrons. The van der Waals surface area contributed by atoms with Gasteiger partial charge in [0.25, 0.3) is 0 Å². The molecular formula is C11H22N2O. The third kappa shape index (κ3) is 4.22. The van der Waals surface area contributed by atoms with Crippen LogP contribution in [0.3, 0.4) is 0 Å². The van der Waals surface area contributed by atoms with Crippen LogP contribution in [0.1, 0.15) is 39.0 Å². The summed E-state index contributed by atoms with van der Waals surface area (Å²) in [5, 5.41) is 0. The molecule has 3 N–H and O–H groups in total. The number of hydrogen-bond acceptors (Lipinski definition) is 3. The first kappa shape index (κ1) is 11.7. The second-order valence-electron chi connectivity index (χ2n) is 4.24. The number of ether oxygens (including phenoxy) is 1. The van der Waals surface area contributed by atoms with Gasteiger partial charge in [-0.05, 0) is 39.0 Å². The molecule has 3 heteroatoms. The van der Waals surface area contributed by atoms with Gasteiger partial charge in [-0.15, -0.1) is 6.58 Å². The molecule has 0 aromatic carbocycles. The molecule has 0 aromatic rings. The number of rotatable bonds is 6. The molecule has 3 nitrogen and oxygen atoms in total. The molecule has 1 saturated heterocycles. The van der Waals surface area contributed by atoms with Gasteiger partial charge in [-0.2, -0.15) is 0 Å². The van der Waals surface area contributed by atoms with Crippen molar-refractivity contribution >= 4 is 0 Å². The quantitative estimate of drug-likeness (QED) is 0.388. The number of nitrogens with one attached hydrogen (secondary N) is 1. The minimum absolute atomic E-state index is 0.358. The van der Waals surface area contributed by atoms with Gasteiger partial charge in [0.1, 0.15) is 0 Å². The molecule has 82 valence electrons. The summed E-state index contributed by atoms with van der Waals surface area (Å²) in [6, 6.07) is 0.358. The van der Waals surface area contributed by atoms with Crippen LogP contribution in [0.5, 0.6) is 0 Å². The first-order chi connectivity index (χ1) is 6.72. The van der Waals surface area contributed by atoms with Crippen molar-refractivity contribution in [3.05, 3.63) is 12.2 Å². The molecule has 1 rings (SSSR count). The summed E-state index contributed by atoms with van der Waals surface area (Å²) in [5.41, 5.74) is 4.02. The Labute approximate surface area is 86.7 Å². The third-order valence-corrected chi connectivity index (χ3v) is 2.69. The molecule has 0 aromatic heterocycles. The lowest BCUT2D eigenvalue weighted by Crippen LogP contribution is -2.35. The van der Waals surface area contributed by atoms with Crippen LogP contribution in [0.4, 0.5) is 0 Å². The fourth-order valence-electron chi connectivity index (χ4n) is 1.92. The molecule has 14 heavy (non-hydrogen) atoms. The molecular weight excluding hydrogens is 176 g/mol. The minimum atomic E-state index is 0.358. The average molecular weight is 198 g/mol. The summed E-state index contributed by atoms with van der Waals surface area (Å²) in [6.07, 6.45) is 6.05. The SMILES string of the molecule is C=C(C)CC(CCC1CCCO1)NN. The Hall–Kier alpha value is -0.380. The first-order valence-electron chi connectivity index (χ1n) is 5.44. The van der Waals surface area contributed by atoms with Crippen LogP contribution in [0.15, 0.2) is 12.2 Å². The van der Waals surface area contributed by atoms with E-state index in [4.69, 9.17) is 10.6 Å². The van der Waals surface area contributed by atoms with E-state index in [1.54, 1.807) is 0 Å². The van der Waals surface area contributed by atoms with Crippen molar-refractivity contribution < 1.29 is 4.74 Å². The zero-order valence-corrected chi connectivity index (χ0v) is 9.09. The van der Waals surface area contributed by atoms with Crippen molar-refractivity contribution in [1.82, 2.24) is 5.43 Å². The summed E-state index contributed by atoms with van der Waals surface area (Å²) >= 11 is 0. The Bertz CT molecular complexity index is 176. The Kier molecular flexibility index (Phi) is 5.15. The standard InChI is InChI=1S/C11H22N2O/c1-9(2)8-10(13-12)5-6-11-4-3-7-14-11/h10-11,13H,1,3-8,12H2,2H3. The van der Waals surface area contributed by atoms with Crippen LogP contribution in [0.2, 0.25) is 0 Å². The van der Waals surface area contributed by atoms with E-state index in [0.717, 1.165) is 25.9 Å². The van der Waals surface area contributed by atoms with Crippen LogP contribution in [0, 0.1) is 0 Å². The fraction of sp³-hybridized carbons (Fsp3) is 0.818. The molecule has 1 aliphatic rings. The third-order valence-electron chi connectivity index (χ3n) is 2.69. The minimum Gasteiger partial charge on any atom is -0.378 e. The summed E-state index contributed by atoms with van der Waals surface area (Å²) in [4.78, 5) is 0. The van der Waals surface area contributed by atoms with Gasteiger partial charge in [-0.1, -0.05) is 5.57 Å². The molecule has 0 bridgehead atoms. The molecule has 0 amide bonds. The topological polar surface area (TPSA) is 47.3 Å². The summed E-state index contributed by atoms with van der Waals surface area (Å²) in [7, 11) is 0. The van der Waals surface area contributed by atoms with Crippen molar-refractivity contribution in [2.45, 2.75) is 51.2 Å². The molecule has 1 heterocycles. The van der Waals surface area contributed by atoms with Crippen LogP contribution < -0.4 is 11.3 Å². The zero-order chi connectivity index (χ0) is 10.4. The lowest BCUT2D eigenvalue weighted by molar-refractivity contribution is 0.0996. The van der Waals surface area contributed by atoms with E-state index in [1.165, 1.54) is 18.4 Å². The maximum absolute atomic E-state index is 5.56. The average Bonchev–Trinajstić information content (AvgIpc) is 2.64.